The number of likely N-dealkylation sites (N-methyl/N-ethyl adjacent to an activating group) is 1. The lowest BCUT2D eigenvalue weighted by molar-refractivity contribution is -0.0840. The molecule has 2 heterocycles. The van der Waals surface area contributed by atoms with Crippen molar-refractivity contribution in [1.82, 2.24) is 9.21 Å². The van der Waals surface area contributed by atoms with Crippen molar-refractivity contribution in [3.63, 3.8) is 0 Å². The first-order chi connectivity index (χ1) is 10.4. The fourth-order valence-corrected chi connectivity index (χ4v) is 4.80. The second kappa shape index (κ2) is 5.88. The Kier molecular flexibility index (Phi) is 4.24. The van der Waals surface area contributed by atoms with E-state index in [-0.39, 0.29) is 17.0 Å². The van der Waals surface area contributed by atoms with Gasteiger partial charge in [0.2, 0.25) is 10.0 Å². The molecule has 0 N–H and O–H groups in total. The third-order valence-electron chi connectivity index (χ3n) is 4.60. The van der Waals surface area contributed by atoms with Gasteiger partial charge in [-0.3, -0.25) is 4.90 Å². The van der Waals surface area contributed by atoms with Crippen LogP contribution in [0.1, 0.15) is 12.0 Å². The van der Waals surface area contributed by atoms with Crippen LogP contribution in [-0.4, -0.2) is 63.1 Å². The standard InChI is InChI=1S/C15H21FN2O3S/c1-11-4-3-5-14(15(11)16)22(19,20)18-7-6-13-12(10-18)17(2)8-9-21-13/h3-5,12-13H,6-10H2,1-2H3. The minimum Gasteiger partial charge on any atom is -0.375 e. The van der Waals surface area contributed by atoms with E-state index in [9.17, 15) is 12.8 Å². The molecule has 3 rings (SSSR count). The van der Waals surface area contributed by atoms with Gasteiger partial charge in [-0.2, -0.15) is 4.31 Å². The van der Waals surface area contributed by atoms with Crippen LogP contribution in [0.3, 0.4) is 0 Å². The van der Waals surface area contributed by atoms with Gasteiger partial charge in [0.1, 0.15) is 10.7 Å². The number of halogens is 1. The van der Waals surface area contributed by atoms with Crippen LogP contribution in [0.2, 0.25) is 0 Å². The van der Waals surface area contributed by atoms with Crippen LogP contribution in [-0.2, 0) is 14.8 Å². The first kappa shape index (κ1) is 15.9. The summed E-state index contributed by atoms with van der Waals surface area (Å²) < 4.78 is 46.9. The molecule has 0 aromatic heterocycles. The van der Waals surface area contributed by atoms with Crippen LogP contribution < -0.4 is 0 Å². The molecule has 22 heavy (non-hydrogen) atoms. The minimum absolute atomic E-state index is 0.0325. The molecule has 0 spiro atoms. The molecular weight excluding hydrogens is 307 g/mol. The summed E-state index contributed by atoms with van der Waals surface area (Å²) in [6.07, 6.45) is 0.703. The number of benzene rings is 1. The predicted octanol–water partition coefficient (Wildman–Crippen LogP) is 1.23. The number of rotatable bonds is 2. The number of morpholine rings is 1. The first-order valence-electron chi connectivity index (χ1n) is 7.48. The molecule has 0 amide bonds. The molecule has 7 heteroatoms. The number of ether oxygens (including phenoxy) is 1. The van der Waals surface area contributed by atoms with E-state index in [1.165, 1.54) is 10.4 Å². The van der Waals surface area contributed by atoms with E-state index in [2.05, 4.69) is 4.90 Å². The fraction of sp³-hybridized carbons (Fsp3) is 0.600. The number of nitrogens with zero attached hydrogens (tertiary/aromatic N) is 2. The quantitative estimate of drug-likeness (QED) is 0.819. The largest absolute Gasteiger partial charge is 0.375 e. The van der Waals surface area contributed by atoms with Gasteiger partial charge < -0.3 is 4.74 Å². The zero-order valence-electron chi connectivity index (χ0n) is 12.8. The van der Waals surface area contributed by atoms with E-state index in [0.29, 0.717) is 31.7 Å². The Morgan fingerprint density at radius 2 is 2.09 bits per heavy atom. The summed E-state index contributed by atoms with van der Waals surface area (Å²) in [6.45, 7) is 3.75. The average molecular weight is 328 g/mol. The van der Waals surface area contributed by atoms with Gasteiger partial charge in [-0.25, -0.2) is 12.8 Å². The Bertz CT molecular complexity index is 665. The summed E-state index contributed by atoms with van der Waals surface area (Å²) in [4.78, 5) is 1.90. The lowest BCUT2D eigenvalue weighted by Crippen LogP contribution is -2.59. The van der Waals surface area contributed by atoms with Gasteiger partial charge in [0, 0.05) is 25.7 Å². The SMILES string of the molecule is Cc1cccc(S(=O)(=O)N2CCC3OCCN(C)C3C2)c1F. The van der Waals surface area contributed by atoms with Gasteiger partial charge >= 0.3 is 0 Å². The van der Waals surface area contributed by atoms with Crippen LogP contribution in [0.5, 0.6) is 0 Å². The molecule has 5 nitrogen and oxygen atoms in total. The van der Waals surface area contributed by atoms with Crippen molar-refractivity contribution in [2.45, 2.75) is 30.4 Å². The molecule has 0 aliphatic carbocycles. The van der Waals surface area contributed by atoms with E-state index in [1.54, 1.807) is 19.1 Å². The third kappa shape index (κ3) is 2.67. The van der Waals surface area contributed by atoms with Crippen LogP contribution >= 0.6 is 0 Å². The Balaban J connectivity index is 1.88. The highest BCUT2D eigenvalue weighted by Crippen LogP contribution is 2.28. The zero-order chi connectivity index (χ0) is 15.9. The smallest absolute Gasteiger partial charge is 0.246 e. The summed E-state index contributed by atoms with van der Waals surface area (Å²) in [7, 11) is -1.84. The maximum atomic E-state index is 14.2. The monoisotopic (exact) mass is 328 g/mol. The molecule has 2 fully saturated rings. The van der Waals surface area contributed by atoms with E-state index in [0.717, 1.165) is 6.54 Å². The van der Waals surface area contributed by atoms with E-state index in [4.69, 9.17) is 4.74 Å². The van der Waals surface area contributed by atoms with Crippen molar-refractivity contribution in [3.8, 4) is 0 Å². The average Bonchev–Trinajstić information content (AvgIpc) is 2.50. The molecule has 1 aromatic rings. The molecule has 2 atom stereocenters. The van der Waals surface area contributed by atoms with Gasteiger partial charge in [-0.1, -0.05) is 12.1 Å². The maximum absolute atomic E-state index is 14.2. The molecule has 0 radical (unpaired) electrons. The number of hydrogen-bond acceptors (Lipinski definition) is 4. The molecule has 0 saturated carbocycles. The van der Waals surface area contributed by atoms with Crippen molar-refractivity contribution in [3.05, 3.63) is 29.6 Å². The maximum Gasteiger partial charge on any atom is 0.246 e. The lowest BCUT2D eigenvalue weighted by atomic mass is 10.0. The number of piperidine rings is 1. The highest BCUT2D eigenvalue weighted by atomic mass is 32.2. The molecule has 2 unspecified atom stereocenters. The first-order valence-corrected chi connectivity index (χ1v) is 8.92. The molecule has 1 aromatic carbocycles. The number of fused-ring (bicyclic) bond motifs is 1. The Morgan fingerprint density at radius 3 is 2.86 bits per heavy atom. The molecule has 2 saturated heterocycles. The van der Waals surface area contributed by atoms with Crippen molar-refractivity contribution < 1.29 is 17.5 Å². The summed E-state index contributed by atoms with van der Waals surface area (Å²) in [5.41, 5.74) is 0.342. The number of aryl methyl sites for hydroxylation is 1. The summed E-state index contributed by atoms with van der Waals surface area (Å²) >= 11 is 0. The third-order valence-corrected chi connectivity index (χ3v) is 6.48. The summed E-state index contributed by atoms with van der Waals surface area (Å²) in [5.74, 6) is -0.655. The van der Waals surface area contributed by atoms with Gasteiger partial charge in [0.05, 0.1) is 12.7 Å². The second-order valence-electron chi connectivity index (χ2n) is 6.00. The normalized spacial score (nSPS) is 27.6. The van der Waals surface area contributed by atoms with Gasteiger partial charge in [0.25, 0.3) is 0 Å². The second-order valence-corrected chi connectivity index (χ2v) is 7.90. The fourth-order valence-electron chi connectivity index (χ4n) is 3.19. The highest BCUT2D eigenvalue weighted by molar-refractivity contribution is 7.89. The van der Waals surface area contributed by atoms with Crippen LogP contribution in [0, 0.1) is 12.7 Å². The van der Waals surface area contributed by atoms with E-state index in [1.807, 2.05) is 7.05 Å². The number of hydrogen-bond donors (Lipinski definition) is 0. The number of sulfonamides is 1. The molecular formula is C15H21FN2O3S. The molecule has 0 bridgehead atoms. The molecule has 2 aliphatic rings. The Labute approximate surface area is 130 Å². The van der Waals surface area contributed by atoms with E-state index < -0.39 is 15.8 Å². The van der Waals surface area contributed by atoms with Gasteiger partial charge in [-0.05, 0) is 32.0 Å². The van der Waals surface area contributed by atoms with Crippen LogP contribution in [0.25, 0.3) is 0 Å². The van der Waals surface area contributed by atoms with Gasteiger partial charge in [-0.15, -0.1) is 0 Å². The minimum atomic E-state index is -3.81. The zero-order valence-corrected chi connectivity index (χ0v) is 13.6. The highest BCUT2D eigenvalue weighted by Gasteiger charge is 2.40. The Morgan fingerprint density at radius 1 is 1.32 bits per heavy atom. The van der Waals surface area contributed by atoms with Crippen molar-refractivity contribution in [2.75, 3.05) is 33.3 Å². The van der Waals surface area contributed by atoms with Crippen molar-refractivity contribution in [1.29, 1.82) is 0 Å². The lowest BCUT2D eigenvalue weighted by Gasteiger charge is -2.45. The Hall–Kier alpha value is -1.02. The molecule has 122 valence electrons. The summed E-state index contributed by atoms with van der Waals surface area (Å²) in [6, 6.07) is 4.52. The van der Waals surface area contributed by atoms with Crippen molar-refractivity contribution in [2.24, 2.45) is 0 Å². The van der Waals surface area contributed by atoms with E-state index >= 15 is 0 Å². The summed E-state index contributed by atoms with van der Waals surface area (Å²) in [5, 5.41) is 0. The van der Waals surface area contributed by atoms with Crippen molar-refractivity contribution >= 4 is 10.0 Å². The topological polar surface area (TPSA) is 49.9 Å². The van der Waals surface area contributed by atoms with Crippen LogP contribution in [0.15, 0.2) is 23.1 Å². The van der Waals surface area contributed by atoms with Gasteiger partial charge in [0.15, 0.2) is 0 Å². The van der Waals surface area contributed by atoms with Crippen LogP contribution in [0.4, 0.5) is 4.39 Å². The molecule has 2 aliphatic heterocycles. The predicted molar refractivity (Wildman–Crippen MR) is 80.7 cm³/mol.